The van der Waals surface area contributed by atoms with Gasteiger partial charge in [0.1, 0.15) is 5.82 Å². The first-order valence-corrected chi connectivity index (χ1v) is 8.58. The Labute approximate surface area is 143 Å². The predicted octanol–water partition coefficient (Wildman–Crippen LogP) is 4.06. The summed E-state index contributed by atoms with van der Waals surface area (Å²) in [5.41, 5.74) is 2.70. The molecule has 2 unspecified atom stereocenters. The van der Waals surface area contributed by atoms with Crippen LogP contribution in [0.3, 0.4) is 0 Å². The van der Waals surface area contributed by atoms with E-state index < -0.39 is 0 Å². The van der Waals surface area contributed by atoms with E-state index in [1.54, 1.807) is 12.1 Å². The minimum atomic E-state index is -0.298. The van der Waals surface area contributed by atoms with Crippen LogP contribution >= 0.6 is 11.8 Å². The van der Waals surface area contributed by atoms with Gasteiger partial charge >= 0.3 is 0 Å². The molecule has 0 bridgehead atoms. The molecule has 0 aliphatic rings. The highest BCUT2D eigenvalue weighted by Gasteiger charge is 2.19. The number of rotatable bonds is 5. The summed E-state index contributed by atoms with van der Waals surface area (Å²) in [6.45, 7) is 3.72. The third-order valence-electron chi connectivity index (χ3n) is 3.75. The Kier molecular flexibility index (Phi) is 4.85. The van der Waals surface area contributed by atoms with Gasteiger partial charge in [0.2, 0.25) is 5.91 Å². The molecular weight excluding hydrogens is 325 g/mol. The molecule has 24 heavy (non-hydrogen) atoms. The van der Waals surface area contributed by atoms with E-state index in [1.165, 1.54) is 23.9 Å². The zero-order chi connectivity index (χ0) is 17.1. The number of imidazole rings is 1. The maximum atomic E-state index is 13.0. The number of hydrogen-bond donors (Lipinski definition) is 2. The molecule has 0 radical (unpaired) electrons. The standard InChI is InChI=1S/C18H18FN3OS/c1-11(13-7-9-14(19)10-8-13)20-17(23)12(2)24-18-21-15-5-3-4-6-16(15)22-18/h3-12H,1-2H3,(H,20,23)(H,21,22). The Bertz CT molecular complexity index is 814. The molecule has 3 aromatic rings. The number of nitrogens with zero attached hydrogens (tertiary/aromatic N) is 1. The molecule has 4 nitrogen and oxygen atoms in total. The van der Waals surface area contributed by atoms with Gasteiger partial charge in [-0.1, -0.05) is 36.0 Å². The van der Waals surface area contributed by atoms with Gasteiger partial charge in [-0.25, -0.2) is 9.37 Å². The zero-order valence-corrected chi connectivity index (χ0v) is 14.2. The molecule has 6 heteroatoms. The fourth-order valence-corrected chi connectivity index (χ4v) is 3.20. The number of para-hydroxylation sites is 2. The number of H-pyrrole nitrogens is 1. The average Bonchev–Trinajstić information content (AvgIpc) is 2.97. The van der Waals surface area contributed by atoms with Crippen LogP contribution in [0.15, 0.2) is 53.7 Å². The fraction of sp³-hybridized carbons (Fsp3) is 0.222. The summed E-state index contributed by atoms with van der Waals surface area (Å²) < 4.78 is 13.0. The van der Waals surface area contributed by atoms with Crippen molar-refractivity contribution in [1.82, 2.24) is 15.3 Å². The quantitative estimate of drug-likeness (QED) is 0.687. The molecule has 2 N–H and O–H groups in total. The SMILES string of the molecule is CC(Sc1nc2ccccc2[nH]1)C(=O)NC(C)c1ccc(F)cc1. The van der Waals surface area contributed by atoms with E-state index in [2.05, 4.69) is 15.3 Å². The fourth-order valence-electron chi connectivity index (χ4n) is 2.37. The first-order chi connectivity index (χ1) is 11.5. The molecule has 1 heterocycles. The van der Waals surface area contributed by atoms with E-state index in [0.717, 1.165) is 16.6 Å². The Morgan fingerprint density at radius 2 is 1.88 bits per heavy atom. The first-order valence-electron chi connectivity index (χ1n) is 7.70. The monoisotopic (exact) mass is 343 g/mol. The second kappa shape index (κ2) is 7.05. The number of carbonyl (C=O) groups excluding carboxylic acids is 1. The van der Waals surface area contributed by atoms with Crippen LogP contribution in [-0.4, -0.2) is 21.1 Å². The van der Waals surface area contributed by atoms with Crippen molar-refractivity contribution in [2.75, 3.05) is 0 Å². The number of aromatic amines is 1. The van der Waals surface area contributed by atoms with Gasteiger partial charge in [0.15, 0.2) is 5.16 Å². The van der Waals surface area contributed by atoms with Crippen molar-refractivity contribution in [3.05, 3.63) is 59.9 Å². The minimum Gasteiger partial charge on any atom is -0.349 e. The number of nitrogens with one attached hydrogen (secondary N) is 2. The maximum absolute atomic E-state index is 13.0. The van der Waals surface area contributed by atoms with Crippen molar-refractivity contribution in [1.29, 1.82) is 0 Å². The molecule has 2 atom stereocenters. The lowest BCUT2D eigenvalue weighted by molar-refractivity contribution is -0.120. The van der Waals surface area contributed by atoms with Crippen LogP contribution in [0.4, 0.5) is 4.39 Å². The molecule has 1 amide bonds. The van der Waals surface area contributed by atoms with Gasteiger partial charge in [0.05, 0.1) is 22.3 Å². The van der Waals surface area contributed by atoms with Gasteiger partial charge < -0.3 is 10.3 Å². The lowest BCUT2D eigenvalue weighted by atomic mass is 10.1. The Hall–Kier alpha value is -2.34. The van der Waals surface area contributed by atoms with Crippen molar-refractivity contribution in [2.24, 2.45) is 0 Å². The van der Waals surface area contributed by atoms with Crippen molar-refractivity contribution < 1.29 is 9.18 Å². The number of benzene rings is 2. The Morgan fingerprint density at radius 1 is 1.17 bits per heavy atom. The molecule has 3 rings (SSSR count). The molecule has 0 aliphatic carbocycles. The minimum absolute atomic E-state index is 0.0859. The van der Waals surface area contributed by atoms with Gasteiger partial charge in [-0.05, 0) is 43.7 Å². The normalized spacial score (nSPS) is 13.6. The number of halogens is 1. The highest BCUT2D eigenvalue weighted by Crippen LogP contribution is 2.24. The van der Waals surface area contributed by atoms with Gasteiger partial charge in [0.25, 0.3) is 0 Å². The summed E-state index contributed by atoms with van der Waals surface area (Å²) in [5, 5.41) is 3.36. The highest BCUT2D eigenvalue weighted by atomic mass is 32.2. The summed E-state index contributed by atoms with van der Waals surface area (Å²) >= 11 is 1.38. The average molecular weight is 343 g/mol. The summed E-state index contributed by atoms with van der Waals surface area (Å²) in [4.78, 5) is 20.0. The molecule has 0 saturated carbocycles. The van der Waals surface area contributed by atoms with Gasteiger partial charge in [-0.3, -0.25) is 4.79 Å². The summed E-state index contributed by atoms with van der Waals surface area (Å²) in [6.07, 6.45) is 0. The Balaban J connectivity index is 1.62. The van der Waals surface area contributed by atoms with Crippen LogP contribution in [-0.2, 0) is 4.79 Å². The molecule has 1 aromatic heterocycles. The molecule has 0 spiro atoms. The second-order valence-corrected chi connectivity index (χ2v) is 6.93. The number of carbonyl (C=O) groups is 1. The van der Waals surface area contributed by atoms with Crippen molar-refractivity contribution in [2.45, 2.75) is 30.3 Å². The van der Waals surface area contributed by atoms with E-state index in [9.17, 15) is 9.18 Å². The summed E-state index contributed by atoms with van der Waals surface area (Å²) in [6, 6.07) is 13.7. The summed E-state index contributed by atoms with van der Waals surface area (Å²) in [5.74, 6) is -0.372. The molecule has 0 fully saturated rings. The number of hydrogen-bond acceptors (Lipinski definition) is 3. The lowest BCUT2D eigenvalue weighted by Gasteiger charge is -2.17. The van der Waals surface area contributed by atoms with Crippen molar-refractivity contribution >= 4 is 28.7 Å². The third-order valence-corrected chi connectivity index (χ3v) is 4.74. The number of amides is 1. The zero-order valence-electron chi connectivity index (χ0n) is 13.4. The lowest BCUT2D eigenvalue weighted by Crippen LogP contribution is -2.33. The third kappa shape index (κ3) is 3.76. The highest BCUT2D eigenvalue weighted by molar-refractivity contribution is 8.00. The number of thioether (sulfide) groups is 1. The molecular formula is C18H18FN3OS. The maximum Gasteiger partial charge on any atom is 0.233 e. The van der Waals surface area contributed by atoms with E-state index in [1.807, 2.05) is 38.1 Å². The Morgan fingerprint density at radius 3 is 2.58 bits per heavy atom. The second-order valence-electron chi connectivity index (χ2n) is 5.60. The smallest absolute Gasteiger partial charge is 0.233 e. The van der Waals surface area contributed by atoms with Gasteiger partial charge in [0, 0.05) is 0 Å². The van der Waals surface area contributed by atoms with Crippen LogP contribution in [0.2, 0.25) is 0 Å². The molecule has 2 aromatic carbocycles. The van der Waals surface area contributed by atoms with E-state index in [-0.39, 0.29) is 23.0 Å². The molecule has 124 valence electrons. The first kappa shape index (κ1) is 16.5. The van der Waals surface area contributed by atoms with Crippen LogP contribution in [0, 0.1) is 5.82 Å². The number of fused-ring (bicyclic) bond motifs is 1. The summed E-state index contributed by atoms with van der Waals surface area (Å²) in [7, 11) is 0. The van der Waals surface area contributed by atoms with Gasteiger partial charge in [-0.15, -0.1) is 0 Å². The van der Waals surface area contributed by atoms with Gasteiger partial charge in [-0.2, -0.15) is 0 Å². The number of aromatic nitrogens is 2. The largest absolute Gasteiger partial charge is 0.349 e. The van der Waals surface area contributed by atoms with Crippen LogP contribution in [0.5, 0.6) is 0 Å². The van der Waals surface area contributed by atoms with Crippen LogP contribution in [0.1, 0.15) is 25.5 Å². The van der Waals surface area contributed by atoms with E-state index in [0.29, 0.717) is 5.16 Å². The van der Waals surface area contributed by atoms with Crippen molar-refractivity contribution in [3.63, 3.8) is 0 Å². The molecule has 0 saturated heterocycles. The topological polar surface area (TPSA) is 57.8 Å². The van der Waals surface area contributed by atoms with E-state index in [4.69, 9.17) is 0 Å². The van der Waals surface area contributed by atoms with E-state index >= 15 is 0 Å². The molecule has 0 aliphatic heterocycles. The predicted molar refractivity (Wildman–Crippen MR) is 94.4 cm³/mol. The van der Waals surface area contributed by atoms with Crippen molar-refractivity contribution in [3.8, 4) is 0 Å². The van der Waals surface area contributed by atoms with Crippen LogP contribution < -0.4 is 5.32 Å². The van der Waals surface area contributed by atoms with Crippen LogP contribution in [0.25, 0.3) is 11.0 Å².